The summed E-state index contributed by atoms with van der Waals surface area (Å²) in [5, 5.41) is 24.9. The van der Waals surface area contributed by atoms with Gasteiger partial charge in [0.2, 0.25) is 87.3 Å². The van der Waals surface area contributed by atoms with Crippen molar-refractivity contribution in [2.75, 3.05) is 0 Å². The van der Waals surface area contributed by atoms with Gasteiger partial charge in [-0.25, -0.2) is 39.5 Å². The molecule has 0 saturated carbocycles. The zero-order valence-corrected chi connectivity index (χ0v) is 19.7. The van der Waals surface area contributed by atoms with Crippen molar-refractivity contribution in [3.8, 4) is 17.2 Å². The molecule has 3 N–H and O–H groups in total. The molecule has 19 heteroatoms. The number of rotatable bonds is 0. The van der Waals surface area contributed by atoms with Gasteiger partial charge in [-0.05, 0) is 0 Å². The smallest absolute Gasteiger partial charge is 0.206 e. The second-order valence-electron chi connectivity index (χ2n) is 5.76. The van der Waals surface area contributed by atoms with Gasteiger partial charge in [0.05, 0.1) is 0 Å². The van der Waals surface area contributed by atoms with Crippen molar-refractivity contribution in [2.24, 2.45) is 0 Å². The molecule has 0 aliphatic carbocycles. The molecule has 202 valence electrons. The topological polar surface area (TPSA) is 60.7 Å². The maximum Gasteiger partial charge on any atom is 0.206 e. The summed E-state index contributed by atoms with van der Waals surface area (Å²) in [4.78, 5) is 0. The van der Waals surface area contributed by atoms with Crippen LogP contribution < -0.4 is 0 Å². The Morgan fingerprint density at radius 1 is 0.216 bits per heavy atom. The van der Waals surface area contributed by atoms with Crippen molar-refractivity contribution in [3.63, 3.8) is 0 Å². The third-order valence-electron chi connectivity index (χ3n) is 3.56. The molecular weight excluding hydrogens is 693 g/mol. The zero-order valence-electron chi connectivity index (χ0n) is 16.5. The summed E-state index contributed by atoms with van der Waals surface area (Å²) in [6, 6.07) is 0. The fraction of sp³-hybridized carbons (Fsp3) is 0. The Morgan fingerprint density at radius 2 is 0.297 bits per heavy atom. The van der Waals surface area contributed by atoms with Crippen molar-refractivity contribution in [3.05, 3.63) is 87.3 Å². The van der Waals surface area contributed by atoms with Crippen LogP contribution in [0.15, 0.2) is 0 Å². The number of benzene rings is 3. The standard InChI is InChI=1S/3C6HF5O.Nd/c3*7-1-2(8)4(10)6(12)5(11)3(1)9;/h3*12H;. The van der Waals surface area contributed by atoms with Crippen LogP contribution in [0.3, 0.4) is 0 Å². The Hall–Kier alpha value is -2.64. The monoisotopic (exact) mass is 694 g/mol. The second-order valence-corrected chi connectivity index (χ2v) is 5.76. The van der Waals surface area contributed by atoms with Crippen LogP contribution >= 0.6 is 0 Å². The molecule has 0 unspecified atom stereocenters. The summed E-state index contributed by atoms with van der Waals surface area (Å²) in [6.45, 7) is 0. The van der Waals surface area contributed by atoms with E-state index in [1.165, 1.54) is 0 Å². The van der Waals surface area contributed by atoms with Gasteiger partial charge in [0.15, 0.2) is 17.2 Å². The van der Waals surface area contributed by atoms with Crippen molar-refractivity contribution in [1.82, 2.24) is 0 Å². The van der Waals surface area contributed by atoms with E-state index < -0.39 is 105 Å². The van der Waals surface area contributed by atoms with E-state index in [1.807, 2.05) is 0 Å². The Labute approximate surface area is 225 Å². The van der Waals surface area contributed by atoms with Gasteiger partial charge in [-0.15, -0.1) is 0 Å². The second kappa shape index (κ2) is 13.2. The minimum atomic E-state index is -2.29. The van der Waals surface area contributed by atoms with E-state index in [9.17, 15) is 65.9 Å². The molecule has 37 heavy (non-hydrogen) atoms. The van der Waals surface area contributed by atoms with E-state index >= 15 is 0 Å². The van der Waals surface area contributed by atoms with Crippen LogP contribution in [0.5, 0.6) is 17.2 Å². The summed E-state index contributed by atoms with van der Waals surface area (Å²) in [7, 11) is 0. The van der Waals surface area contributed by atoms with Gasteiger partial charge in [0, 0.05) is 40.8 Å². The summed E-state index contributed by atoms with van der Waals surface area (Å²) in [6.07, 6.45) is 0. The number of hydrogen-bond acceptors (Lipinski definition) is 3. The first-order valence-electron chi connectivity index (χ1n) is 8.01. The molecule has 3 aromatic carbocycles. The molecule has 3 aromatic rings. The predicted molar refractivity (Wildman–Crippen MR) is 83.7 cm³/mol. The Balaban J connectivity index is 0.000000518. The summed E-state index contributed by atoms with van der Waals surface area (Å²) in [5.41, 5.74) is 0. The Kier molecular flexibility index (Phi) is 12.3. The fourth-order valence-corrected chi connectivity index (χ4v) is 1.78. The Morgan fingerprint density at radius 3 is 0.405 bits per heavy atom. The zero-order chi connectivity index (χ0) is 28.4. The molecule has 0 saturated heterocycles. The first kappa shape index (κ1) is 34.4. The van der Waals surface area contributed by atoms with Gasteiger partial charge in [-0.2, -0.15) is 26.3 Å². The number of hydrogen-bond donors (Lipinski definition) is 3. The average Bonchev–Trinajstić information content (AvgIpc) is 2.87. The average molecular weight is 696 g/mol. The van der Waals surface area contributed by atoms with Crippen LogP contribution in [-0.2, 0) is 0 Å². The van der Waals surface area contributed by atoms with Crippen molar-refractivity contribution in [2.45, 2.75) is 0 Å². The van der Waals surface area contributed by atoms with Gasteiger partial charge in [0.1, 0.15) is 0 Å². The number of halogens is 15. The maximum absolute atomic E-state index is 12.2. The van der Waals surface area contributed by atoms with Gasteiger partial charge in [-0.1, -0.05) is 0 Å². The van der Waals surface area contributed by atoms with E-state index in [1.54, 1.807) is 0 Å². The van der Waals surface area contributed by atoms with Crippen LogP contribution in [0.2, 0.25) is 0 Å². The van der Waals surface area contributed by atoms with Gasteiger partial charge >= 0.3 is 0 Å². The molecule has 0 bridgehead atoms. The molecule has 0 aromatic heterocycles. The summed E-state index contributed by atoms with van der Waals surface area (Å²) in [5.74, 6) is -38.8. The molecule has 0 aliphatic rings. The molecule has 0 atom stereocenters. The van der Waals surface area contributed by atoms with Crippen LogP contribution in [0.1, 0.15) is 0 Å². The van der Waals surface area contributed by atoms with Crippen LogP contribution in [0, 0.1) is 128 Å². The van der Waals surface area contributed by atoms with Crippen molar-refractivity contribution >= 4 is 0 Å². The first-order valence-corrected chi connectivity index (χ1v) is 8.01. The fourth-order valence-electron chi connectivity index (χ4n) is 1.78. The number of aromatic hydroxyl groups is 3. The molecule has 3 rings (SSSR count). The Bertz CT molecular complexity index is 858. The molecule has 0 heterocycles. The SMILES string of the molecule is Oc1c(F)c(F)c(F)c(F)c1F.Oc1c(F)c(F)c(F)c(F)c1F.Oc1c(F)c(F)c(F)c(F)c1F.[Nd]. The molecular formula is C18H3F15NdO3. The molecule has 3 nitrogen and oxygen atoms in total. The molecule has 0 spiro atoms. The van der Waals surface area contributed by atoms with Gasteiger partial charge in [-0.3, -0.25) is 0 Å². The predicted octanol–water partition coefficient (Wildman–Crippen LogP) is 6.26. The quantitative estimate of drug-likeness (QED) is 0.148. The largest absolute Gasteiger partial charge is 0.503 e. The number of phenolic OH excluding ortho intramolecular Hbond substituents is 3. The maximum atomic E-state index is 12.2. The molecule has 0 radical (unpaired) electrons. The minimum absolute atomic E-state index is 0. The van der Waals surface area contributed by atoms with Gasteiger partial charge in [0.25, 0.3) is 0 Å². The summed E-state index contributed by atoms with van der Waals surface area (Å²) >= 11 is 0. The van der Waals surface area contributed by atoms with Crippen molar-refractivity contribution < 1.29 is 122 Å². The third-order valence-corrected chi connectivity index (χ3v) is 3.56. The van der Waals surface area contributed by atoms with Gasteiger partial charge < -0.3 is 15.3 Å². The van der Waals surface area contributed by atoms with E-state index in [2.05, 4.69) is 0 Å². The minimum Gasteiger partial charge on any atom is -0.503 e. The summed E-state index contributed by atoms with van der Waals surface area (Å²) < 4.78 is 182. The van der Waals surface area contributed by atoms with E-state index in [0.29, 0.717) is 0 Å². The van der Waals surface area contributed by atoms with E-state index in [0.717, 1.165) is 0 Å². The van der Waals surface area contributed by atoms with E-state index in [4.69, 9.17) is 15.3 Å². The van der Waals surface area contributed by atoms with Crippen LogP contribution in [-0.4, -0.2) is 15.3 Å². The van der Waals surface area contributed by atoms with E-state index in [-0.39, 0.29) is 40.8 Å². The van der Waals surface area contributed by atoms with Crippen LogP contribution in [0.25, 0.3) is 0 Å². The van der Waals surface area contributed by atoms with Crippen molar-refractivity contribution in [1.29, 1.82) is 0 Å². The van der Waals surface area contributed by atoms with Crippen LogP contribution in [0.4, 0.5) is 65.9 Å². The normalized spacial score (nSPS) is 10.1. The number of phenols is 3. The molecule has 0 amide bonds. The molecule has 0 fully saturated rings. The molecule has 0 aliphatic heterocycles. The first-order chi connectivity index (χ1) is 16.4. The third kappa shape index (κ3) is 6.82.